The van der Waals surface area contributed by atoms with E-state index in [2.05, 4.69) is 0 Å². The minimum Gasteiger partial charge on any atom is -0.338 e. The van der Waals surface area contributed by atoms with Crippen LogP contribution in [0, 0.1) is 5.92 Å². The van der Waals surface area contributed by atoms with Crippen molar-refractivity contribution in [1.82, 2.24) is 4.90 Å². The largest absolute Gasteiger partial charge is 0.338 e. The molecule has 3 heteroatoms. The summed E-state index contributed by atoms with van der Waals surface area (Å²) in [6.45, 7) is 1.29. The summed E-state index contributed by atoms with van der Waals surface area (Å²) in [4.78, 5) is 25.4. The summed E-state index contributed by atoms with van der Waals surface area (Å²) in [5.41, 5.74) is 0.731. The Balaban J connectivity index is 1.94. The van der Waals surface area contributed by atoms with Crippen molar-refractivity contribution >= 4 is 23.0 Å². The van der Waals surface area contributed by atoms with E-state index in [4.69, 9.17) is 0 Å². The number of carbonyl (C=O) groups excluding carboxylic acids is 2. The number of fused-ring (bicyclic) bond motifs is 1. The zero-order chi connectivity index (χ0) is 13.9. The number of hydrogen-bond donors (Lipinski definition) is 0. The molecule has 1 amide bonds. The molecule has 2 aromatic rings. The van der Waals surface area contributed by atoms with Crippen molar-refractivity contribution in [3.05, 3.63) is 48.0 Å². The minimum absolute atomic E-state index is 0.0114. The Kier molecular flexibility index (Phi) is 3.50. The third-order valence-corrected chi connectivity index (χ3v) is 3.96. The van der Waals surface area contributed by atoms with Crippen molar-refractivity contribution < 1.29 is 9.59 Å². The fourth-order valence-corrected chi connectivity index (χ4v) is 2.89. The molecule has 1 heterocycles. The highest BCUT2D eigenvalue weighted by Crippen LogP contribution is 2.22. The summed E-state index contributed by atoms with van der Waals surface area (Å²) in [7, 11) is 0. The number of rotatable bonds is 2. The average Bonchev–Trinajstić information content (AvgIpc) is 2.53. The van der Waals surface area contributed by atoms with Crippen molar-refractivity contribution in [2.24, 2.45) is 5.92 Å². The fraction of sp³-hybridized carbons (Fsp3) is 0.294. The Morgan fingerprint density at radius 2 is 1.95 bits per heavy atom. The van der Waals surface area contributed by atoms with Gasteiger partial charge in [-0.2, -0.15) is 0 Å². The smallest absolute Gasteiger partial charge is 0.254 e. The number of likely N-dealkylation sites (tertiary alicyclic amines) is 1. The number of amides is 1. The van der Waals surface area contributed by atoms with Gasteiger partial charge in [0.15, 0.2) is 0 Å². The molecule has 1 fully saturated rings. The van der Waals surface area contributed by atoms with Crippen LogP contribution in [0.4, 0.5) is 0 Å². The van der Waals surface area contributed by atoms with Crippen LogP contribution in [0.5, 0.6) is 0 Å². The van der Waals surface area contributed by atoms with E-state index in [1.165, 1.54) is 0 Å². The molecule has 1 aliphatic heterocycles. The maximum Gasteiger partial charge on any atom is 0.254 e. The molecule has 3 nitrogen and oxygen atoms in total. The van der Waals surface area contributed by atoms with Gasteiger partial charge in [-0.1, -0.05) is 36.4 Å². The van der Waals surface area contributed by atoms with Gasteiger partial charge in [0, 0.05) is 24.6 Å². The van der Waals surface area contributed by atoms with E-state index in [0.717, 1.165) is 42.0 Å². The van der Waals surface area contributed by atoms with Gasteiger partial charge < -0.3 is 9.69 Å². The van der Waals surface area contributed by atoms with Crippen molar-refractivity contribution in [1.29, 1.82) is 0 Å². The lowest BCUT2D eigenvalue weighted by atomic mass is 9.97. The summed E-state index contributed by atoms with van der Waals surface area (Å²) < 4.78 is 0. The van der Waals surface area contributed by atoms with Crippen molar-refractivity contribution in [3.8, 4) is 0 Å². The molecule has 0 aliphatic carbocycles. The molecule has 1 unspecified atom stereocenters. The average molecular weight is 267 g/mol. The molecule has 0 N–H and O–H groups in total. The highest BCUT2D eigenvalue weighted by Gasteiger charge is 2.24. The molecule has 20 heavy (non-hydrogen) atoms. The molecule has 0 spiro atoms. The van der Waals surface area contributed by atoms with Crippen molar-refractivity contribution in [3.63, 3.8) is 0 Å². The SMILES string of the molecule is O=CC1CCCN(C(=O)c2cccc3ccccc23)C1. The number of aldehydes is 1. The quantitative estimate of drug-likeness (QED) is 0.785. The minimum atomic E-state index is -0.0114. The highest BCUT2D eigenvalue weighted by molar-refractivity contribution is 6.07. The van der Waals surface area contributed by atoms with E-state index in [9.17, 15) is 9.59 Å². The van der Waals surface area contributed by atoms with Gasteiger partial charge >= 0.3 is 0 Å². The molecule has 0 radical (unpaired) electrons. The van der Waals surface area contributed by atoms with Crippen LogP contribution in [0.3, 0.4) is 0 Å². The van der Waals surface area contributed by atoms with Crippen LogP contribution in [-0.4, -0.2) is 30.2 Å². The zero-order valence-corrected chi connectivity index (χ0v) is 11.3. The van der Waals surface area contributed by atoms with E-state index in [-0.39, 0.29) is 11.8 Å². The van der Waals surface area contributed by atoms with Gasteiger partial charge in [0.2, 0.25) is 0 Å². The second kappa shape index (κ2) is 5.45. The molecule has 2 aromatic carbocycles. The van der Waals surface area contributed by atoms with E-state index in [0.29, 0.717) is 6.54 Å². The second-order valence-corrected chi connectivity index (χ2v) is 5.32. The van der Waals surface area contributed by atoms with E-state index in [1.807, 2.05) is 47.4 Å². The topological polar surface area (TPSA) is 37.4 Å². The van der Waals surface area contributed by atoms with Crippen LogP contribution in [-0.2, 0) is 4.79 Å². The van der Waals surface area contributed by atoms with Crippen molar-refractivity contribution in [2.75, 3.05) is 13.1 Å². The molecular formula is C17H17NO2. The Morgan fingerprint density at radius 1 is 1.15 bits per heavy atom. The molecule has 0 saturated carbocycles. The fourth-order valence-electron chi connectivity index (χ4n) is 2.89. The van der Waals surface area contributed by atoms with Gasteiger partial charge in [-0.3, -0.25) is 4.79 Å². The first-order chi connectivity index (χ1) is 9.79. The van der Waals surface area contributed by atoms with Gasteiger partial charge in [-0.25, -0.2) is 0 Å². The maximum absolute atomic E-state index is 12.7. The van der Waals surface area contributed by atoms with Crippen LogP contribution in [0.25, 0.3) is 10.8 Å². The monoisotopic (exact) mass is 267 g/mol. The first kappa shape index (κ1) is 12.9. The van der Waals surface area contributed by atoms with Gasteiger partial charge in [-0.05, 0) is 29.7 Å². The molecular weight excluding hydrogens is 250 g/mol. The summed E-state index contributed by atoms with van der Waals surface area (Å²) in [5, 5.41) is 2.05. The zero-order valence-electron chi connectivity index (χ0n) is 11.3. The van der Waals surface area contributed by atoms with Gasteiger partial charge in [0.05, 0.1) is 0 Å². The number of piperidine rings is 1. The molecule has 1 aliphatic rings. The summed E-state index contributed by atoms with van der Waals surface area (Å²) in [6, 6.07) is 13.7. The Labute approximate surface area is 118 Å². The van der Waals surface area contributed by atoms with Crippen LogP contribution in [0.2, 0.25) is 0 Å². The molecule has 1 saturated heterocycles. The second-order valence-electron chi connectivity index (χ2n) is 5.32. The molecule has 0 bridgehead atoms. The lowest BCUT2D eigenvalue weighted by Gasteiger charge is -2.30. The standard InChI is InChI=1S/C17H17NO2/c19-12-13-5-4-10-18(11-13)17(20)16-9-3-7-14-6-1-2-8-15(14)16/h1-3,6-9,12-13H,4-5,10-11H2. The predicted octanol–water partition coefficient (Wildman–Crippen LogP) is 2.89. The number of nitrogens with zero attached hydrogens (tertiary/aromatic N) is 1. The van der Waals surface area contributed by atoms with Crippen LogP contribution < -0.4 is 0 Å². The summed E-state index contributed by atoms with van der Waals surface area (Å²) in [5.74, 6) is 0.0241. The summed E-state index contributed by atoms with van der Waals surface area (Å²) in [6.07, 6.45) is 2.77. The lowest BCUT2D eigenvalue weighted by Crippen LogP contribution is -2.40. The molecule has 1 atom stereocenters. The number of hydrogen-bond acceptors (Lipinski definition) is 2. The first-order valence-electron chi connectivity index (χ1n) is 7.02. The third kappa shape index (κ3) is 2.31. The predicted molar refractivity (Wildman–Crippen MR) is 78.6 cm³/mol. The maximum atomic E-state index is 12.7. The number of carbonyl (C=O) groups is 2. The highest BCUT2D eigenvalue weighted by atomic mass is 16.2. The molecule has 3 rings (SSSR count). The van der Waals surface area contributed by atoms with Gasteiger partial charge in [0.1, 0.15) is 6.29 Å². The van der Waals surface area contributed by atoms with Crippen LogP contribution in [0.15, 0.2) is 42.5 Å². The lowest BCUT2D eigenvalue weighted by molar-refractivity contribution is -0.112. The molecule has 102 valence electrons. The summed E-state index contributed by atoms with van der Waals surface area (Å²) >= 11 is 0. The van der Waals surface area contributed by atoms with E-state index >= 15 is 0 Å². The Bertz CT molecular complexity index is 645. The Hall–Kier alpha value is -2.16. The van der Waals surface area contributed by atoms with Crippen LogP contribution >= 0.6 is 0 Å². The first-order valence-corrected chi connectivity index (χ1v) is 7.02. The van der Waals surface area contributed by atoms with Crippen LogP contribution in [0.1, 0.15) is 23.2 Å². The number of benzene rings is 2. The van der Waals surface area contributed by atoms with E-state index < -0.39 is 0 Å². The molecule has 0 aromatic heterocycles. The third-order valence-electron chi connectivity index (χ3n) is 3.96. The Morgan fingerprint density at radius 3 is 2.80 bits per heavy atom. The van der Waals surface area contributed by atoms with Gasteiger partial charge in [0.25, 0.3) is 5.91 Å². The normalized spacial score (nSPS) is 19.0. The van der Waals surface area contributed by atoms with Gasteiger partial charge in [-0.15, -0.1) is 0 Å². The van der Waals surface area contributed by atoms with E-state index in [1.54, 1.807) is 0 Å². The van der Waals surface area contributed by atoms with Crippen molar-refractivity contribution in [2.45, 2.75) is 12.8 Å².